The maximum absolute atomic E-state index is 5.08. The maximum Gasteiger partial charge on any atom is 0.126 e. The molecule has 0 amide bonds. The normalized spacial score (nSPS) is 16.5. The van der Waals surface area contributed by atoms with Gasteiger partial charge >= 0.3 is 0 Å². The molecular weight excluding hydrogens is 436 g/mol. The van der Waals surface area contributed by atoms with Crippen molar-refractivity contribution in [1.29, 1.82) is 0 Å². The van der Waals surface area contributed by atoms with Gasteiger partial charge in [0.25, 0.3) is 0 Å². The van der Waals surface area contributed by atoms with Crippen LogP contribution in [-0.4, -0.2) is 9.97 Å². The molecule has 2 nitrogen and oxygen atoms in total. The minimum Gasteiger partial charge on any atom is -0.238 e. The quantitative estimate of drug-likeness (QED) is 0.210. The van der Waals surface area contributed by atoms with Gasteiger partial charge in [-0.3, -0.25) is 0 Å². The van der Waals surface area contributed by atoms with Crippen LogP contribution in [0, 0.1) is 13.8 Å². The van der Waals surface area contributed by atoms with Gasteiger partial charge in [0, 0.05) is 27.7 Å². The highest BCUT2D eigenvalue weighted by molar-refractivity contribution is 6.30. The van der Waals surface area contributed by atoms with Crippen LogP contribution >= 0.6 is 0 Å². The average molecular weight is 465 g/mol. The van der Waals surface area contributed by atoms with E-state index in [2.05, 4.69) is 95.3 Å². The van der Waals surface area contributed by atoms with Crippen LogP contribution < -0.4 is 0 Å². The van der Waals surface area contributed by atoms with Crippen molar-refractivity contribution >= 4 is 32.3 Å². The highest BCUT2D eigenvalue weighted by Crippen LogP contribution is 2.59. The zero-order chi connectivity index (χ0) is 24.7. The molecule has 0 unspecified atom stereocenters. The fraction of sp³-hybridized carbons (Fsp3) is 0.235. The Labute approximate surface area is 211 Å². The predicted octanol–water partition coefficient (Wildman–Crippen LogP) is 8.60. The van der Waals surface area contributed by atoms with Gasteiger partial charge in [0.15, 0.2) is 0 Å². The van der Waals surface area contributed by atoms with Crippen LogP contribution in [0.5, 0.6) is 0 Å². The molecule has 2 aliphatic rings. The Bertz CT molecular complexity index is 1960. The maximum atomic E-state index is 5.08. The van der Waals surface area contributed by atoms with E-state index in [4.69, 9.17) is 9.97 Å². The minimum atomic E-state index is -0.188. The Balaban J connectivity index is 1.68. The predicted molar refractivity (Wildman–Crippen MR) is 150 cm³/mol. The lowest BCUT2D eigenvalue weighted by molar-refractivity contribution is 0.653. The number of hydrogen-bond donors (Lipinski definition) is 0. The summed E-state index contributed by atoms with van der Waals surface area (Å²) in [5.41, 5.74) is 11.6. The average Bonchev–Trinajstić information content (AvgIpc) is 3.22. The molecule has 8 rings (SSSR count). The standard InChI is InChI=1S/C34H28N2/c1-17-29-32(36-18(2)35-17)28-21-12-9-10-19-14-15-22-27(26(19)21)24(31(28)34(29,5)6)16-23-20-11-7-8-13-25(20)33(3,4)30(22)23/h7-16H,1-6H3. The second kappa shape index (κ2) is 6.13. The van der Waals surface area contributed by atoms with E-state index in [9.17, 15) is 0 Å². The number of aromatic nitrogens is 2. The van der Waals surface area contributed by atoms with Crippen LogP contribution in [0.25, 0.3) is 54.7 Å². The van der Waals surface area contributed by atoms with Gasteiger partial charge in [0.05, 0.1) is 5.69 Å². The first-order valence-electron chi connectivity index (χ1n) is 13.0. The van der Waals surface area contributed by atoms with E-state index in [1.165, 1.54) is 71.3 Å². The Morgan fingerprint density at radius 2 is 1.42 bits per heavy atom. The number of benzene rings is 5. The van der Waals surface area contributed by atoms with E-state index in [-0.39, 0.29) is 10.8 Å². The van der Waals surface area contributed by atoms with Crippen molar-refractivity contribution < 1.29 is 0 Å². The Morgan fingerprint density at radius 1 is 0.611 bits per heavy atom. The Morgan fingerprint density at radius 3 is 2.25 bits per heavy atom. The van der Waals surface area contributed by atoms with Gasteiger partial charge in [-0.2, -0.15) is 0 Å². The molecule has 0 radical (unpaired) electrons. The van der Waals surface area contributed by atoms with Gasteiger partial charge < -0.3 is 0 Å². The molecule has 1 aromatic heterocycles. The van der Waals surface area contributed by atoms with Crippen LogP contribution in [0.1, 0.15) is 61.5 Å². The van der Waals surface area contributed by atoms with Crippen LogP contribution in [0.3, 0.4) is 0 Å². The molecule has 0 N–H and O–H groups in total. The third kappa shape index (κ3) is 2.12. The van der Waals surface area contributed by atoms with E-state index < -0.39 is 0 Å². The molecule has 0 saturated heterocycles. The van der Waals surface area contributed by atoms with Crippen LogP contribution in [-0.2, 0) is 10.8 Å². The van der Waals surface area contributed by atoms with Crippen LogP contribution in [0.15, 0.2) is 60.7 Å². The molecule has 0 aliphatic heterocycles. The number of hydrogen-bond acceptors (Lipinski definition) is 2. The van der Waals surface area contributed by atoms with E-state index in [0.29, 0.717) is 0 Å². The molecule has 0 spiro atoms. The zero-order valence-electron chi connectivity index (χ0n) is 21.7. The third-order valence-corrected chi connectivity index (χ3v) is 9.14. The SMILES string of the molecule is Cc1nc(C)c2c(n1)-c1c(c3cc4c(c5ccc6cccc1c6c53)C(C)(C)c1ccccc1-4)C2(C)C. The van der Waals surface area contributed by atoms with Crippen molar-refractivity contribution in [3.8, 4) is 22.4 Å². The van der Waals surface area contributed by atoms with Crippen molar-refractivity contribution in [3.05, 3.63) is 94.4 Å². The second-order valence-electron chi connectivity index (χ2n) is 11.9. The molecule has 5 aromatic carbocycles. The summed E-state index contributed by atoms with van der Waals surface area (Å²) < 4.78 is 0. The summed E-state index contributed by atoms with van der Waals surface area (Å²) in [6.07, 6.45) is 0. The number of fused-ring (bicyclic) bond motifs is 9. The summed E-state index contributed by atoms with van der Waals surface area (Å²) in [4.78, 5) is 9.90. The molecule has 1 heterocycles. The summed E-state index contributed by atoms with van der Waals surface area (Å²) in [7, 11) is 0. The summed E-state index contributed by atoms with van der Waals surface area (Å²) in [6, 6.07) is 23.0. The molecular formula is C34H28N2. The first-order chi connectivity index (χ1) is 17.2. The summed E-state index contributed by atoms with van der Waals surface area (Å²) in [5.74, 6) is 0.844. The lowest BCUT2D eigenvalue weighted by atomic mass is 9.75. The largest absolute Gasteiger partial charge is 0.238 e. The molecule has 36 heavy (non-hydrogen) atoms. The minimum absolute atomic E-state index is 0.0466. The summed E-state index contributed by atoms with van der Waals surface area (Å²) >= 11 is 0. The van der Waals surface area contributed by atoms with Crippen LogP contribution in [0.2, 0.25) is 0 Å². The zero-order valence-corrected chi connectivity index (χ0v) is 21.7. The first kappa shape index (κ1) is 20.4. The lowest BCUT2D eigenvalue weighted by Crippen LogP contribution is -2.19. The topological polar surface area (TPSA) is 25.8 Å². The van der Waals surface area contributed by atoms with Gasteiger partial charge in [-0.25, -0.2) is 9.97 Å². The van der Waals surface area contributed by atoms with E-state index in [1.54, 1.807) is 0 Å². The van der Waals surface area contributed by atoms with Gasteiger partial charge in [-0.15, -0.1) is 0 Å². The summed E-state index contributed by atoms with van der Waals surface area (Å²) in [5, 5.41) is 8.16. The fourth-order valence-corrected chi connectivity index (χ4v) is 7.92. The highest BCUT2D eigenvalue weighted by Gasteiger charge is 2.44. The van der Waals surface area contributed by atoms with Gasteiger partial charge in [0.1, 0.15) is 5.82 Å². The lowest BCUT2D eigenvalue weighted by Gasteiger charge is -2.28. The van der Waals surface area contributed by atoms with Crippen LogP contribution in [0.4, 0.5) is 0 Å². The third-order valence-electron chi connectivity index (χ3n) is 9.14. The number of rotatable bonds is 0. The van der Waals surface area contributed by atoms with Gasteiger partial charge in [-0.1, -0.05) is 82.3 Å². The first-order valence-corrected chi connectivity index (χ1v) is 13.0. The molecule has 0 atom stereocenters. The Hall–Kier alpha value is -3.78. The fourth-order valence-electron chi connectivity index (χ4n) is 7.92. The highest BCUT2D eigenvalue weighted by atomic mass is 14.9. The van der Waals surface area contributed by atoms with E-state index in [0.717, 1.165) is 17.2 Å². The van der Waals surface area contributed by atoms with Crippen molar-refractivity contribution in [2.45, 2.75) is 52.4 Å². The molecule has 0 fully saturated rings. The van der Waals surface area contributed by atoms with Crippen molar-refractivity contribution in [3.63, 3.8) is 0 Å². The van der Waals surface area contributed by atoms with Crippen molar-refractivity contribution in [2.24, 2.45) is 0 Å². The second-order valence-corrected chi connectivity index (χ2v) is 11.9. The molecule has 0 bridgehead atoms. The number of aryl methyl sites for hydroxylation is 2. The summed E-state index contributed by atoms with van der Waals surface area (Å²) in [6.45, 7) is 13.7. The molecule has 6 aromatic rings. The number of nitrogens with zero attached hydrogens (tertiary/aromatic N) is 2. The smallest absolute Gasteiger partial charge is 0.126 e. The Kier molecular flexibility index (Phi) is 3.47. The molecule has 2 heteroatoms. The van der Waals surface area contributed by atoms with Crippen molar-refractivity contribution in [1.82, 2.24) is 9.97 Å². The molecule has 2 aliphatic carbocycles. The molecule has 174 valence electrons. The van der Waals surface area contributed by atoms with Gasteiger partial charge in [0.2, 0.25) is 0 Å². The van der Waals surface area contributed by atoms with Crippen molar-refractivity contribution in [2.75, 3.05) is 0 Å². The monoisotopic (exact) mass is 464 g/mol. The van der Waals surface area contributed by atoms with E-state index in [1.807, 2.05) is 6.92 Å². The van der Waals surface area contributed by atoms with E-state index >= 15 is 0 Å². The molecule has 0 saturated carbocycles. The van der Waals surface area contributed by atoms with Gasteiger partial charge in [-0.05, 0) is 80.0 Å².